The third-order valence-corrected chi connectivity index (χ3v) is 6.72. The van der Waals surface area contributed by atoms with Gasteiger partial charge in [0.05, 0.1) is 10.7 Å². The maximum absolute atomic E-state index is 13.0. The van der Waals surface area contributed by atoms with Crippen molar-refractivity contribution in [2.24, 2.45) is 0 Å². The lowest BCUT2D eigenvalue weighted by atomic mass is 9.82. The van der Waals surface area contributed by atoms with E-state index in [-0.39, 0.29) is 18.1 Å². The lowest BCUT2D eigenvalue weighted by Crippen LogP contribution is -2.34. The number of carbonyl (C=O) groups is 2. The second-order valence-corrected chi connectivity index (χ2v) is 9.00. The third kappa shape index (κ3) is 4.49. The van der Waals surface area contributed by atoms with E-state index >= 15 is 0 Å². The fourth-order valence-corrected chi connectivity index (χ4v) is 4.81. The van der Waals surface area contributed by atoms with Crippen LogP contribution in [0.4, 0.5) is 0 Å². The van der Waals surface area contributed by atoms with Gasteiger partial charge in [-0.05, 0) is 36.5 Å². The highest BCUT2D eigenvalue weighted by molar-refractivity contribution is 9.10. The number of carboxylic acids is 1. The summed E-state index contributed by atoms with van der Waals surface area (Å²) in [4.78, 5) is 24.4. The second-order valence-electron chi connectivity index (χ2n) is 7.48. The maximum Gasteiger partial charge on any atom is 0.304 e. The Morgan fingerprint density at radius 3 is 2.26 bits per heavy atom. The van der Waals surface area contributed by atoms with Crippen molar-refractivity contribution in [3.63, 3.8) is 0 Å². The van der Waals surface area contributed by atoms with Gasteiger partial charge in [0.1, 0.15) is 0 Å². The number of rotatable bonds is 6. The van der Waals surface area contributed by atoms with E-state index in [0.29, 0.717) is 5.56 Å². The van der Waals surface area contributed by atoms with Gasteiger partial charge >= 0.3 is 5.97 Å². The zero-order chi connectivity index (χ0) is 19.4. The maximum atomic E-state index is 13.0. The molecule has 0 amide bonds. The molecule has 142 valence electrons. The molecule has 1 N–H and O–H groups in total. The van der Waals surface area contributed by atoms with Gasteiger partial charge in [-0.2, -0.15) is 0 Å². The smallest absolute Gasteiger partial charge is 0.304 e. The van der Waals surface area contributed by atoms with E-state index in [2.05, 4.69) is 15.9 Å². The van der Waals surface area contributed by atoms with Gasteiger partial charge in [-0.25, -0.2) is 0 Å². The van der Waals surface area contributed by atoms with Crippen molar-refractivity contribution in [1.82, 2.24) is 0 Å². The number of Topliss-reactive ketones (excluding diaryl/α,β-unsaturated/α-hetero) is 1. The van der Waals surface area contributed by atoms with Crippen molar-refractivity contribution in [3.05, 3.63) is 70.8 Å². The van der Waals surface area contributed by atoms with Crippen molar-refractivity contribution >= 4 is 27.7 Å². The largest absolute Gasteiger partial charge is 0.481 e. The molecular formula is C23H25BrO3. The van der Waals surface area contributed by atoms with Crippen LogP contribution >= 0.6 is 15.9 Å². The highest BCUT2D eigenvalue weighted by Crippen LogP contribution is 2.39. The molecule has 1 fully saturated rings. The Morgan fingerprint density at radius 1 is 1.04 bits per heavy atom. The SMILES string of the molecule is Cc1ccccc1C(CC(=O)O)c1ccc(C(=O)C2(Br)CCCCC2)cc1. The Labute approximate surface area is 168 Å². The molecule has 0 saturated heterocycles. The van der Waals surface area contributed by atoms with Gasteiger partial charge in [0.15, 0.2) is 5.78 Å². The predicted octanol–water partition coefficient (Wildman–Crippen LogP) is 5.88. The Balaban J connectivity index is 1.88. The molecule has 3 nitrogen and oxygen atoms in total. The summed E-state index contributed by atoms with van der Waals surface area (Å²) in [6.07, 6.45) is 5.11. The zero-order valence-corrected chi connectivity index (χ0v) is 17.2. The molecular weight excluding hydrogens is 404 g/mol. The Bertz CT molecular complexity index is 820. The number of alkyl halides is 1. The number of hydrogen-bond donors (Lipinski definition) is 1. The van der Waals surface area contributed by atoms with E-state index in [4.69, 9.17) is 0 Å². The molecule has 27 heavy (non-hydrogen) atoms. The summed E-state index contributed by atoms with van der Waals surface area (Å²) in [5.74, 6) is -0.912. The van der Waals surface area contributed by atoms with Crippen LogP contribution in [-0.4, -0.2) is 21.2 Å². The molecule has 0 heterocycles. The predicted molar refractivity (Wildman–Crippen MR) is 111 cm³/mol. The first-order chi connectivity index (χ1) is 12.9. The van der Waals surface area contributed by atoms with Crippen LogP contribution in [0.3, 0.4) is 0 Å². The highest BCUT2D eigenvalue weighted by Gasteiger charge is 2.37. The molecule has 4 heteroatoms. The first-order valence-corrected chi connectivity index (χ1v) is 10.3. The highest BCUT2D eigenvalue weighted by atomic mass is 79.9. The minimum Gasteiger partial charge on any atom is -0.481 e. The molecule has 1 atom stereocenters. The number of carbonyl (C=O) groups excluding carboxylic acids is 1. The Kier molecular flexibility index (Phi) is 6.15. The topological polar surface area (TPSA) is 54.4 Å². The lowest BCUT2D eigenvalue weighted by Gasteiger charge is -2.30. The molecule has 1 aliphatic rings. The van der Waals surface area contributed by atoms with Crippen LogP contribution in [0, 0.1) is 6.92 Å². The summed E-state index contributed by atoms with van der Waals surface area (Å²) in [6.45, 7) is 2.00. The number of aryl methyl sites for hydroxylation is 1. The van der Waals surface area contributed by atoms with Gasteiger partial charge in [-0.3, -0.25) is 9.59 Å². The first-order valence-electron chi connectivity index (χ1n) is 9.52. The molecule has 1 saturated carbocycles. The van der Waals surface area contributed by atoms with Crippen molar-refractivity contribution < 1.29 is 14.7 Å². The fourth-order valence-electron chi connectivity index (χ4n) is 4.02. The normalized spacial score (nSPS) is 17.3. The van der Waals surface area contributed by atoms with E-state index in [9.17, 15) is 14.7 Å². The van der Waals surface area contributed by atoms with Gasteiger partial charge in [-0.15, -0.1) is 0 Å². The van der Waals surface area contributed by atoms with Crippen LogP contribution in [0.2, 0.25) is 0 Å². The number of halogens is 1. The van der Waals surface area contributed by atoms with Gasteiger partial charge in [0.2, 0.25) is 0 Å². The van der Waals surface area contributed by atoms with E-state index in [0.717, 1.165) is 42.4 Å². The molecule has 2 aromatic carbocycles. The van der Waals surface area contributed by atoms with E-state index in [1.165, 1.54) is 6.42 Å². The molecule has 1 aliphatic carbocycles. The van der Waals surface area contributed by atoms with Crippen LogP contribution in [0.5, 0.6) is 0 Å². The van der Waals surface area contributed by atoms with Gasteiger partial charge in [0.25, 0.3) is 0 Å². The van der Waals surface area contributed by atoms with Crippen molar-refractivity contribution in [3.8, 4) is 0 Å². The first kappa shape index (κ1) is 19.8. The van der Waals surface area contributed by atoms with Gasteiger partial charge in [0, 0.05) is 11.5 Å². The van der Waals surface area contributed by atoms with Crippen LogP contribution in [0.15, 0.2) is 48.5 Å². The minimum atomic E-state index is -0.829. The molecule has 0 radical (unpaired) electrons. The molecule has 0 spiro atoms. The average Bonchev–Trinajstić information content (AvgIpc) is 2.67. The molecule has 0 aromatic heterocycles. The lowest BCUT2D eigenvalue weighted by molar-refractivity contribution is -0.137. The van der Waals surface area contributed by atoms with Crippen molar-refractivity contribution in [2.75, 3.05) is 0 Å². The molecule has 0 aliphatic heterocycles. The number of benzene rings is 2. The number of hydrogen-bond acceptors (Lipinski definition) is 2. The second kappa shape index (κ2) is 8.39. The number of ketones is 1. The van der Waals surface area contributed by atoms with Crippen molar-refractivity contribution in [1.29, 1.82) is 0 Å². The minimum absolute atomic E-state index is 0.0283. The van der Waals surface area contributed by atoms with E-state index < -0.39 is 10.3 Å². The van der Waals surface area contributed by atoms with Crippen LogP contribution in [-0.2, 0) is 4.79 Å². The summed E-state index contributed by atoms with van der Waals surface area (Å²) < 4.78 is -0.441. The van der Waals surface area contributed by atoms with Gasteiger partial charge in [-0.1, -0.05) is 83.7 Å². The van der Waals surface area contributed by atoms with Gasteiger partial charge < -0.3 is 5.11 Å². The van der Waals surface area contributed by atoms with E-state index in [1.54, 1.807) is 0 Å². The molecule has 3 rings (SSSR count). The third-order valence-electron chi connectivity index (χ3n) is 5.57. The molecule has 0 bridgehead atoms. The van der Waals surface area contributed by atoms with E-state index in [1.807, 2.05) is 55.5 Å². The van der Waals surface area contributed by atoms with Crippen LogP contribution < -0.4 is 0 Å². The van der Waals surface area contributed by atoms with Crippen LogP contribution in [0.1, 0.15) is 71.5 Å². The van der Waals surface area contributed by atoms with Crippen molar-refractivity contribution in [2.45, 2.75) is 55.7 Å². The quantitative estimate of drug-likeness (QED) is 0.461. The molecule has 1 unspecified atom stereocenters. The Hall–Kier alpha value is -1.94. The summed E-state index contributed by atoms with van der Waals surface area (Å²) in [5, 5.41) is 9.38. The summed E-state index contributed by atoms with van der Waals surface area (Å²) >= 11 is 3.70. The standard InChI is InChI=1S/C23H25BrO3/c1-16-7-3-4-8-19(16)20(15-21(25)26)17-9-11-18(12-10-17)22(27)23(24)13-5-2-6-14-23/h3-4,7-12,20H,2,5-6,13-15H2,1H3,(H,25,26). The number of aliphatic carboxylic acids is 1. The summed E-state index contributed by atoms with van der Waals surface area (Å²) in [5.41, 5.74) is 3.71. The monoisotopic (exact) mass is 428 g/mol. The number of carboxylic acid groups (broad SMARTS) is 1. The summed E-state index contributed by atoms with van der Waals surface area (Å²) in [6, 6.07) is 15.4. The summed E-state index contributed by atoms with van der Waals surface area (Å²) in [7, 11) is 0. The van der Waals surface area contributed by atoms with Crippen LogP contribution in [0.25, 0.3) is 0 Å². The average molecular weight is 429 g/mol. The Morgan fingerprint density at radius 2 is 1.67 bits per heavy atom. The molecule has 2 aromatic rings. The fraction of sp³-hybridized carbons (Fsp3) is 0.391. The zero-order valence-electron chi connectivity index (χ0n) is 15.6.